The maximum atomic E-state index is 11.2. The summed E-state index contributed by atoms with van der Waals surface area (Å²) in [5.74, 6) is -0.241. The molecule has 0 unspecified atom stereocenters. The monoisotopic (exact) mass is 202 g/mol. The van der Waals surface area contributed by atoms with Crippen LogP contribution in [0.25, 0.3) is 0 Å². The van der Waals surface area contributed by atoms with Crippen LogP contribution in [0.5, 0.6) is 0 Å². The Hall–Kier alpha value is -1.26. The Bertz CT molecular complexity index is 194. The van der Waals surface area contributed by atoms with Gasteiger partial charge in [0.15, 0.2) is 0 Å². The number of urea groups is 1. The van der Waals surface area contributed by atoms with Crippen LogP contribution < -0.4 is 5.32 Å². The van der Waals surface area contributed by atoms with Gasteiger partial charge in [0.2, 0.25) is 0 Å². The molecule has 0 fully saturated rings. The predicted molar refractivity (Wildman–Crippen MR) is 53.0 cm³/mol. The van der Waals surface area contributed by atoms with Gasteiger partial charge in [-0.05, 0) is 13.3 Å². The molecule has 0 bridgehead atoms. The molecular weight excluding hydrogens is 184 g/mol. The largest absolute Gasteiger partial charge is 0.469 e. The van der Waals surface area contributed by atoms with Crippen LogP contribution >= 0.6 is 0 Å². The lowest BCUT2D eigenvalue weighted by molar-refractivity contribution is -0.140. The first-order valence-electron chi connectivity index (χ1n) is 4.67. The van der Waals surface area contributed by atoms with E-state index in [4.69, 9.17) is 0 Å². The van der Waals surface area contributed by atoms with Gasteiger partial charge in [0, 0.05) is 26.6 Å². The predicted octanol–water partition coefficient (Wildman–Crippen LogP) is 0.601. The lowest BCUT2D eigenvalue weighted by Crippen LogP contribution is -2.37. The number of methoxy groups -OCH3 is 1. The summed E-state index contributed by atoms with van der Waals surface area (Å²) >= 11 is 0. The number of hydrogen-bond acceptors (Lipinski definition) is 3. The first-order chi connectivity index (χ1) is 6.61. The summed E-state index contributed by atoms with van der Waals surface area (Å²) in [7, 11) is 3.05. The zero-order valence-corrected chi connectivity index (χ0v) is 9.00. The van der Waals surface area contributed by atoms with Gasteiger partial charge < -0.3 is 15.0 Å². The van der Waals surface area contributed by atoms with Gasteiger partial charge in [0.05, 0.1) is 7.11 Å². The van der Waals surface area contributed by atoms with Gasteiger partial charge in [-0.3, -0.25) is 4.79 Å². The van der Waals surface area contributed by atoms with E-state index in [1.54, 1.807) is 11.9 Å². The van der Waals surface area contributed by atoms with Gasteiger partial charge in [-0.15, -0.1) is 0 Å². The number of amides is 2. The highest BCUT2D eigenvalue weighted by Crippen LogP contribution is 1.95. The Morgan fingerprint density at radius 1 is 1.43 bits per heavy atom. The Morgan fingerprint density at radius 3 is 2.57 bits per heavy atom. The Labute approximate surface area is 84.4 Å². The van der Waals surface area contributed by atoms with Crippen molar-refractivity contribution in [2.75, 3.05) is 27.2 Å². The zero-order valence-electron chi connectivity index (χ0n) is 9.00. The van der Waals surface area contributed by atoms with Crippen molar-refractivity contribution < 1.29 is 14.3 Å². The molecule has 5 heteroatoms. The van der Waals surface area contributed by atoms with Gasteiger partial charge in [-0.2, -0.15) is 0 Å². The SMILES string of the molecule is CCNC(=O)N(C)CCCC(=O)OC. The molecule has 14 heavy (non-hydrogen) atoms. The highest BCUT2D eigenvalue weighted by molar-refractivity contribution is 5.73. The van der Waals surface area contributed by atoms with Crippen LogP contribution in [0.15, 0.2) is 0 Å². The number of ether oxygens (including phenoxy) is 1. The minimum Gasteiger partial charge on any atom is -0.469 e. The molecule has 0 heterocycles. The molecule has 0 aliphatic rings. The summed E-state index contributed by atoms with van der Waals surface area (Å²) < 4.78 is 4.48. The second-order valence-electron chi connectivity index (χ2n) is 2.94. The van der Waals surface area contributed by atoms with Crippen LogP contribution in [-0.4, -0.2) is 44.1 Å². The third-order valence-corrected chi connectivity index (χ3v) is 1.78. The van der Waals surface area contributed by atoms with Crippen LogP contribution in [0.4, 0.5) is 4.79 Å². The van der Waals surface area contributed by atoms with E-state index in [9.17, 15) is 9.59 Å². The standard InChI is InChI=1S/C9H18N2O3/c1-4-10-9(13)11(2)7-5-6-8(12)14-3/h4-7H2,1-3H3,(H,10,13). The molecule has 0 aromatic carbocycles. The van der Waals surface area contributed by atoms with Gasteiger partial charge in [0.25, 0.3) is 0 Å². The molecule has 0 atom stereocenters. The minimum atomic E-state index is -0.241. The first-order valence-corrected chi connectivity index (χ1v) is 4.67. The fraction of sp³-hybridized carbons (Fsp3) is 0.778. The topological polar surface area (TPSA) is 58.6 Å². The average molecular weight is 202 g/mol. The molecular formula is C9H18N2O3. The van der Waals surface area contributed by atoms with E-state index in [0.717, 1.165) is 0 Å². The van der Waals surface area contributed by atoms with E-state index in [-0.39, 0.29) is 12.0 Å². The van der Waals surface area contributed by atoms with Crippen molar-refractivity contribution >= 4 is 12.0 Å². The maximum absolute atomic E-state index is 11.2. The highest BCUT2D eigenvalue weighted by atomic mass is 16.5. The molecule has 0 aromatic heterocycles. The van der Waals surface area contributed by atoms with Gasteiger partial charge in [-0.25, -0.2) is 4.79 Å². The van der Waals surface area contributed by atoms with E-state index in [1.807, 2.05) is 6.92 Å². The molecule has 0 aliphatic heterocycles. The number of carbonyl (C=O) groups excluding carboxylic acids is 2. The minimum absolute atomic E-state index is 0.114. The van der Waals surface area contributed by atoms with Crippen LogP contribution in [0.1, 0.15) is 19.8 Å². The molecule has 5 nitrogen and oxygen atoms in total. The van der Waals surface area contributed by atoms with Crippen LogP contribution in [-0.2, 0) is 9.53 Å². The van der Waals surface area contributed by atoms with Gasteiger partial charge in [0.1, 0.15) is 0 Å². The number of nitrogens with one attached hydrogen (secondary N) is 1. The van der Waals surface area contributed by atoms with Crippen molar-refractivity contribution in [2.24, 2.45) is 0 Å². The Balaban J connectivity index is 3.58. The summed E-state index contributed by atoms with van der Waals surface area (Å²) in [4.78, 5) is 23.5. The van der Waals surface area contributed by atoms with E-state index >= 15 is 0 Å². The normalized spacial score (nSPS) is 9.36. The number of rotatable bonds is 5. The van der Waals surface area contributed by atoms with E-state index in [1.165, 1.54) is 7.11 Å². The fourth-order valence-corrected chi connectivity index (χ4v) is 0.950. The summed E-state index contributed by atoms with van der Waals surface area (Å²) in [5.41, 5.74) is 0. The third-order valence-electron chi connectivity index (χ3n) is 1.78. The Morgan fingerprint density at radius 2 is 2.07 bits per heavy atom. The molecule has 1 N–H and O–H groups in total. The van der Waals surface area contributed by atoms with E-state index in [0.29, 0.717) is 25.9 Å². The average Bonchev–Trinajstić information content (AvgIpc) is 2.17. The van der Waals surface area contributed by atoms with Crippen LogP contribution in [0.3, 0.4) is 0 Å². The molecule has 0 radical (unpaired) electrons. The van der Waals surface area contributed by atoms with Crippen molar-refractivity contribution in [1.82, 2.24) is 10.2 Å². The summed E-state index contributed by atoms with van der Waals surface area (Å²) in [6, 6.07) is -0.114. The van der Waals surface area contributed by atoms with Gasteiger partial charge in [-0.1, -0.05) is 0 Å². The maximum Gasteiger partial charge on any atom is 0.317 e. The van der Waals surface area contributed by atoms with Crippen LogP contribution in [0, 0.1) is 0 Å². The van der Waals surface area contributed by atoms with Gasteiger partial charge >= 0.3 is 12.0 Å². The molecule has 0 saturated carbocycles. The second kappa shape index (κ2) is 7.17. The van der Waals surface area contributed by atoms with E-state index in [2.05, 4.69) is 10.1 Å². The van der Waals surface area contributed by atoms with Crippen molar-refractivity contribution in [2.45, 2.75) is 19.8 Å². The van der Waals surface area contributed by atoms with E-state index < -0.39 is 0 Å². The summed E-state index contributed by atoms with van der Waals surface area (Å²) in [6.45, 7) is 3.03. The number of carbonyl (C=O) groups is 2. The van der Waals surface area contributed by atoms with Crippen molar-refractivity contribution in [3.05, 3.63) is 0 Å². The van der Waals surface area contributed by atoms with Crippen molar-refractivity contribution in [3.8, 4) is 0 Å². The molecule has 0 spiro atoms. The molecule has 82 valence electrons. The fourth-order valence-electron chi connectivity index (χ4n) is 0.950. The summed E-state index contributed by atoms with van der Waals surface area (Å²) in [5, 5.41) is 2.67. The zero-order chi connectivity index (χ0) is 11.0. The third kappa shape index (κ3) is 5.40. The molecule has 2 amide bonds. The number of hydrogen-bond donors (Lipinski definition) is 1. The molecule has 0 aromatic rings. The molecule has 0 saturated heterocycles. The first kappa shape index (κ1) is 12.7. The molecule has 0 rings (SSSR count). The second-order valence-corrected chi connectivity index (χ2v) is 2.94. The quantitative estimate of drug-likeness (QED) is 0.664. The number of nitrogens with zero attached hydrogens (tertiary/aromatic N) is 1. The lowest BCUT2D eigenvalue weighted by Gasteiger charge is -2.16. The smallest absolute Gasteiger partial charge is 0.317 e. The lowest BCUT2D eigenvalue weighted by atomic mass is 10.3. The summed E-state index contributed by atoms with van der Waals surface area (Å²) in [6.07, 6.45) is 0.973. The number of esters is 1. The van der Waals surface area contributed by atoms with Crippen LogP contribution in [0.2, 0.25) is 0 Å². The Kier molecular flexibility index (Phi) is 6.53. The molecule has 0 aliphatic carbocycles. The van der Waals surface area contributed by atoms with Crippen molar-refractivity contribution in [1.29, 1.82) is 0 Å². The van der Waals surface area contributed by atoms with Crippen molar-refractivity contribution in [3.63, 3.8) is 0 Å². The highest BCUT2D eigenvalue weighted by Gasteiger charge is 2.07.